The van der Waals surface area contributed by atoms with E-state index in [0.717, 1.165) is 0 Å². The molecular formula is C15H15NO4. The minimum Gasteiger partial charge on any atom is -0.467 e. The van der Waals surface area contributed by atoms with Crippen LogP contribution in [-0.2, 0) is 14.3 Å². The molecule has 0 saturated heterocycles. The van der Waals surface area contributed by atoms with Crippen LogP contribution in [0.25, 0.3) is 0 Å². The maximum atomic E-state index is 12.2. The molecule has 0 radical (unpaired) electrons. The standard InChI is InChI=1S/C15H15NO4/c1-20-14(19)15(9-7-12(17)8-10-15)16-13(18)11-5-3-2-4-6-11/h2-7,9H,8,10H2,1H3,(H,16,18). The smallest absolute Gasteiger partial charge is 0.335 e. The van der Waals surface area contributed by atoms with E-state index in [1.807, 2.05) is 0 Å². The van der Waals surface area contributed by atoms with Crippen molar-refractivity contribution in [2.24, 2.45) is 0 Å². The van der Waals surface area contributed by atoms with Gasteiger partial charge in [-0.3, -0.25) is 9.59 Å². The van der Waals surface area contributed by atoms with Crippen LogP contribution in [0.1, 0.15) is 23.2 Å². The number of hydrogen-bond donors (Lipinski definition) is 1. The molecule has 1 aromatic rings. The van der Waals surface area contributed by atoms with Gasteiger partial charge >= 0.3 is 5.97 Å². The fraction of sp³-hybridized carbons (Fsp3) is 0.267. The number of methoxy groups -OCH3 is 1. The number of carbonyl (C=O) groups is 3. The minimum absolute atomic E-state index is 0.0708. The Morgan fingerprint density at radius 3 is 2.50 bits per heavy atom. The molecule has 1 aliphatic rings. The molecule has 1 aliphatic carbocycles. The SMILES string of the molecule is COC(=O)C1(NC(=O)c2ccccc2)C=CC(=O)CC1. The van der Waals surface area contributed by atoms with Crippen LogP contribution in [0.3, 0.4) is 0 Å². The first-order chi connectivity index (χ1) is 9.57. The molecule has 20 heavy (non-hydrogen) atoms. The first-order valence-corrected chi connectivity index (χ1v) is 6.25. The molecule has 0 bridgehead atoms. The van der Waals surface area contributed by atoms with Crippen LogP contribution in [0.2, 0.25) is 0 Å². The van der Waals surface area contributed by atoms with Gasteiger partial charge in [-0.2, -0.15) is 0 Å². The Kier molecular flexibility index (Phi) is 3.98. The number of ether oxygens (including phenoxy) is 1. The van der Waals surface area contributed by atoms with Gasteiger partial charge in [-0.25, -0.2) is 4.79 Å². The average molecular weight is 273 g/mol. The highest BCUT2D eigenvalue weighted by atomic mass is 16.5. The Labute approximate surface area is 116 Å². The summed E-state index contributed by atoms with van der Waals surface area (Å²) in [4.78, 5) is 35.4. The Hall–Kier alpha value is -2.43. The third-order valence-electron chi connectivity index (χ3n) is 3.24. The van der Waals surface area contributed by atoms with Gasteiger partial charge in [-0.15, -0.1) is 0 Å². The summed E-state index contributed by atoms with van der Waals surface area (Å²) in [5.41, 5.74) is -0.823. The molecule has 1 aromatic carbocycles. The number of allylic oxidation sites excluding steroid dienone is 1. The molecular weight excluding hydrogens is 258 g/mol. The van der Waals surface area contributed by atoms with E-state index in [0.29, 0.717) is 5.56 Å². The van der Waals surface area contributed by atoms with Crippen molar-refractivity contribution in [2.75, 3.05) is 7.11 Å². The highest BCUT2D eigenvalue weighted by Gasteiger charge is 2.41. The lowest BCUT2D eigenvalue weighted by Crippen LogP contribution is -2.55. The van der Waals surface area contributed by atoms with Crippen LogP contribution >= 0.6 is 0 Å². The first kappa shape index (κ1) is 14.0. The van der Waals surface area contributed by atoms with Crippen LogP contribution in [0.4, 0.5) is 0 Å². The quantitative estimate of drug-likeness (QED) is 0.841. The Bertz CT molecular complexity index is 564. The van der Waals surface area contributed by atoms with E-state index in [9.17, 15) is 14.4 Å². The summed E-state index contributed by atoms with van der Waals surface area (Å²) in [6.07, 6.45) is 3.12. The van der Waals surface area contributed by atoms with Gasteiger partial charge in [0.05, 0.1) is 7.11 Å². The second kappa shape index (κ2) is 5.69. The lowest BCUT2D eigenvalue weighted by Gasteiger charge is -2.30. The molecule has 104 valence electrons. The third-order valence-corrected chi connectivity index (χ3v) is 3.24. The molecule has 1 N–H and O–H groups in total. The van der Waals surface area contributed by atoms with Crippen LogP contribution < -0.4 is 5.32 Å². The van der Waals surface area contributed by atoms with Gasteiger partial charge in [-0.1, -0.05) is 18.2 Å². The maximum absolute atomic E-state index is 12.2. The third kappa shape index (κ3) is 2.77. The summed E-state index contributed by atoms with van der Waals surface area (Å²) in [7, 11) is 1.25. The molecule has 1 amide bonds. The number of nitrogens with one attached hydrogen (secondary N) is 1. The van der Waals surface area contributed by atoms with E-state index in [4.69, 9.17) is 4.74 Å². The molecule has 1 unspecified atom stereocenters. The number of ketones is 1. The zero-order chi connectivity index (χ0) is 14.6. The van der Waals surface area contributed by atoms with Crippen molar-refractivity contribution in [3.05, 3.63) is 48.0 Å². The molecule has 0 saturated carbocycles. The van der Waals surface area contributed by atoms with Crippen molar-refractivity contribution >= 4 is 17.7 Å². The summed E-state index contributed by atoms with van der Waals surface area (Å²) in [6, 6.07) is 8.57. The van der Waals surface area contributed by atoms with Crippen molar-refractivity contribution in [1.29, 1.82) is 0 Å². The molecule has 0 spiro atoms. The lowest BCUT2D eigenvalue weighted by molar-refractivity contribution is -0.146. The van der Waals surface area contributed by atoms with Crippen molar-refractivity contribution in [3.63, 3.8) is 0 Å². The Morgan fingerprint density at radius 1 is 1.25 bits per heavy atom. The summed E-state index contributed by atoms with van der Waals surface area (Å²) >= 11 is 0. The Balaban J connectivity index is 2.26. The topological polar surface area (TPSA) is 72.5 Å². The number of rotatable bonds is 3. The number of hydrogen-bond acceptors (Lipinski definition) is 4. The number of amides is 1. The molecule has 2 rings (SSSR count). The monoisotopic (exact) mass is 273 g/mol. The van der Waals surface area contributed by atoms with E-state index in [1.165, 1.54) is 19.3 Å². The summed E-state index contributed by atoms with van der Waals surface area (Å²) in [5, 5.41) is 2.67. The van der Waals surface area contributed by atoms with Crippen molar-refractivity contribution < 1.29 is 19.1 Å². The van der Waals surface area contributed by atoms with Gasteiger partial charge in [-0.05, 0) is 30.7 Å². The second-order valence-corrected chi connectivity index (χ2v) is 4.58. The molecule has 0 aromatic heterocycles. The second-order valence-electron chi connectivity index (χ2n) is 4.58. The van der Waals surface area contributed by atoms with Gasteiger partial charge in [0.2, 0.25) is 0 Å². The highest BCUT2D eigenvalue weighted by Crippen LogP contribution is 2.22. The predicted octanol–water partition coefficient (Wildman–Crippen LogP) is 1.25. The normalized spacial score (nSPS) is 21.4. The molecule has 0 heterocycles. The highest BCUT2D eigenvalue weighted by molar-refractivity contribution is 6.01. The van der Waals surface area contributed by atoms with E-state index in [2.05, 4.69) is 5.32 Å². The van der Waals surface area contributed by atoms with E-state index in [-0.39, 0.29) is 24.5 Å². The predicted molar refractivity (Wildman–Crippen MR) is 72.0 cm³/mol. The molecule has 0 fully saturated rings. The number of carbonyl (C=O) groups excluding carboxylic acids is 3. The minimum atomic E-state index is -1.27. The summed E-state index contributed by atoms with van der Waals surface area (Å²) < 4.78 is 4.75. The zero-order valence-electron chi connectivity index (χ0n) is 11.1. The zero-order valence-corrected chi connectivity index (χ0v) is 11.1. The van der Waals surface area contributed by atoms with Crippen LogP contribution in [0.15, 0.2) is 42.5 Å². The van der Waals surface area contributed by atoms with Crippen molar-refractivity contribution in [1.82, 2.24) is 5.32 Å². The number of benzene rings is 1. The van der Waals surface area contributed by atoms with Gasteiger partial charge < -0.3 is 10.1 Å². The van der Waals surface area contributed by atoms with Gasteiger partial charge in [0.1, 0.15) is 0 Å². The summed E-state index contributed by atoms with van der Waals surface area (Å²) in [5.74, 6) is -1.03. The van der Waals surface area contributed by atoms with Gasteiger partial charge in [0.25, 0.3) is 5.91 Å². The molecule has 5 nitrogen and oxygen atoms in total. The first-order valence-electron chi connectivity index (χ1n) is 6.25. The molecule has 5 heteroatoms. The van der Waals surface area contributed by atoms with E-state index < -0.39 is 11.5 Å². The average Bonchev–Trinajstić information content (AvgIpc) is 2.49. The van der Waals surface area contributed by atoms with Gasteiger partial charge in [0, 0.05) is 12.0 Å². The summed E-state index contributed by atoms with van der Waals surface area (Å²) in [6.45, 7) is 0. The largest absolute Gasteiger partial charge is 0.467 e. The van der Waals surface area contributed by atoms with Crippen LogP contribution in [0.5, 0.6) is 0 Å². The fourth-order valence-electron chi connectivity index (χ4n) is 2.09. The fourth-order valence-corrected chi connectivity index (χ4v) is 2.09. The van der Waals surface area contributed by atoms with Crippen LogP contribution in [-0.4, -0.2) is 30.3 Å². The molecule has 0 aliphatic heterocycles. The van der Waals surface area contributed by atoms with Crippen molar-refractivity contribution in [3.8, 4) is 0 Å². The van der Waals surface area contributed by atoms with E-state index >= 15 is 0 Å². The number of esters is 1. The molecule has 1 atom stereocenters. The Morgan fingerprint density at radius 2 is 1.95 bits per heavy atom. The van der Waals surface area contributed by atoms with Crippen LogP contribution in [0, 0.1) is 0 Å². The van der Waals surface area contributed by atoms with Gasteiger partial charge in [0.15, 0.2) is 11.3 Å². The maximum Gasteiger partial charge on any atom is 0.335 e. The van der Waals surface area contributed by atoms with Crippen molar-refractivity contribution in [2.45, 2.75) is 18.4 Å². The lowest BCUT2D eigenvalue weighted by atomic mass is 9.86. The van der Waals surface area contributed by atoms with E-state index in [1.54, 1.807) is 30.3 Å².